The topological polar surface area (TPSA) is 37.8 Å². The Morgan fingerprint density at radius 1 is 1.05 bits per heavy atom. The van der Waals surface area contributed by atoms with E-state index >= 15 is 0 Å². The fourth-order valence-corrected chi connectivity index (χ4v) is 3.09. The maximum absolute atomic E-state index is 4.90. The summed E-state index contributed by atoms with van der Waals surface area (Å²) in [5.74, 6) is 1.74. The molecule has 3 nitrogen and oxygen atoms in total. The molecule has 1 N–H and O–H groups in total. The van der Waals surface area contributed by atoms with Crippen molar-refractivity contribution in [1.29, 1.82) is 0 Å². The molecule has 1 saturated carbocycles. The molecular weight excluding hydrogens is 234 g/mol. The maximum Gasteiger partial charge on any atom is 0.131 e. The first kappa shape index (κ1) is 14.4. The Bertz CT molecular complexity index is 383. The van der Waals surface area contributed by atoms with E-state index in [1.807, 2.05) is 7.05 Å². The van der Waals surface area contributed by atoms with E-state index in [9.17, 15) is 0 Å². The van der Waals surface area contributed by atoms with Crippen LogP contribution in [0, 0.1) is 0 Å². The molecule has 0 radical (unpaired) electrons. The Labute approximate surface area is 117 Å². The van der Waals surface area contributed by atoms with E-state index in [1.165, 1.54) is 42.6 Å². The lowest BCUT2D eigenvalue weighted by Crippen LogP contribution is -2.16. The lowest BCUT2D eigenvalue weighted by atomic mass is 10.0. The largest absolute Gasteiger partial charge is 0.319 e. The molecule has 3 heteroatoms. The lowest BCUT2D eigenvalue weighted by molar-refractivity contribution is 0.644. The summed E-state index contributed by atoms with van der Waals surface area (Å²) in [4.78, 5) is 9.79. The molecule has 0 saturated heterocycles. The number of hydrogen-bond donors (Lipinski definition) is 1. The molecule has 1 aliphatic carbocycles. The molecule has 1 fully saturated rings. The SMILES string of the molecule is CCc1nc(C2CCCC2)nc(CC)c1CCNC. The van der Waals surface area contributed by atoms with Crippen molar-refractivity contribution in [3.8, 4) is 0 Å². The molecular formula is C16H27N3. The van der Waals surface area contributed by atoms with Crippen molar-refractivity contribution in [1.82, 2.24) is 15.3 Å². The lowest BCUT2D eigenvalue weighted by Gasteiger charge is -2.16. The van der Waals surface area contributed by atoms with Gasteiger partial charge in [-0.3, -0.25) is 0 Å². The third-order valence-electron chi connectivity index (χ3n) is 4.21. The van der Waals surface area contributed by atoms with Gasteiger partial charge in [0.1, 0.15) is 5.82 Å². The highest BCUT2D eigenvalue weighted by Crippen LogP contribution is 2.33. The van der Waals surface area contributed by atoms with Gasteiger partial charge < -0.3 is 5.32 Å². The van der Waals surface area contributed by atoms with Crippen LogP contribution in [0.4, 0.5) is 0 Å². The van der Waals surface area contributed by atoms with Crippen molar-refractivity contribution in [2.75, 3.05) is 13.6 Å². The van der Waals surface area contributed by atoms with Gasteiger partial charge in [0.05, 0.1) is 0 Å². The molecule has 0 bridgehead atoms. The molecule has 0 spiro atoms. The number of likely N-dealkylation sites (N-methyl/N-ethyl adjacent to an activating group) is 1. The monoisotopic (exact) mass is 261 g/mol. The van der Waals surface area contributed by atoms with Gasteiger partial charge in [-0.25, -0.2) is 9.97 Å². The predicted octanol–water partition coefficient (Wildman–Crippen LogP) is 3.02. The van der Waals surface area contributed by atoms with Gasteiger partial charge in [-0.05, 0) is 51.3 Å². The fraction of sp³-hybridized carbons (Fsp3) is 0.750. The smallest absolute Gasteiger partial charge is 0.131 e. The fourth-order valence-electron chi connectivity index (χ4n) is 3.09. The number of hydrogen-bond acceptors (Lipinski definition) is 3. The average molecular weight is 261 g/mol. The van der Waals surface area contributed by atoms with Crippen LogP contribution in [-0.4, -0.2) is 23.6 Å². The minimum absolute atomic E-state index is 0.619. The van der Waals surface area contributed by atoms with Gasteiger partial charge in [0.25, 0.3) is 0 Å². The molecule has 0 unspecified atom stereocenters. The molecule has 2 rings (SSSR count). The van der Waals surface area contributed by atoms with Gasteiger partial charge >= 0.3 is 0 Å². The van der Waals surface area contributed by atoms with E-state index in [2.05, 4.69) is 19.2 Å². The van der Waals surface area contributed by atoms with Crippen LogP contribution in [0.5, 0.6) is 0 Å². The van der Waals surface area contributed by atoms with Gasteiger partial charge in [0.2, 0.25) is 0 Å². The standard InChI is InChI=1S/C16H27N3/c1-4-14-13(10-11-17-3)15(5-2)19-16(18-14)12-8-6-7-9-12/h12,17H,4-11H2,1-3H3. The molecule has 1 heterocycles. The van der Waals surface area contributed by atoms with Gasteiger partial charge in [-0.1, -0.05) is 26.7 Å². The number of nitrogens with one attached hydrogen (secondary N) is 1. The van der Waals surface area contributed by atoms with Crippen LogP contribution < -0.4 is 5.32 Å². The quantitative estimate of drug-likeness (QED) is 0.855. The van der Waals surface area contributed by atoms with E-state index < -0.39 is 0 Å². The third-order valence-corrected chi connectivity index (χ3v) is 4.21. The van der Waals surface area contributed by atoms with Crippen LogP contribution >= 0.6 is 0 Å². The minimum atomic E-state index is 0.619. The van der Waals surface area contributed by atoms with Crippen LogP contribution in [0.25, 0.3) is 0 Å². The first-order valence-electron chi connectivity index (χ1n) is 7.83. The molecule has 0 amide bonds. The van der Waals surface area contributed by atoms with Crippen LogP contribution in [0.1, 0.15) is 68.2 Å². The average Bonchev–Trinajstić information content (AvgIpc) is 2.98. The second kappa shape index (κ2) is 6.99. The Morgan fingerprint density at radius 3 is 2.11 bits per heavy atom. The molecule has 1 aliphatic rings. The summed E-state index contributed by atoms with van der Waals surface area (Å²) in [5, 5.41) is 3.23. The minimum Gasteiger partial charge on any atom is -0.319 e. The summed E-state index contributed by atoms with van der Waals surface area (Å²) >= 11 is 0. The van der Waals surface area contributed by atoms with Crippen molar-refractivity contribution in [2.24, 2.45) is 0 Å². The van der Waals surface area contributed by atoms with E-state index in [1.54, 1.807) is 0 Å². The zero-order valence-electron chi connectivity index (χ0n) is 12.6. The first-order chi connectivity index (χ1) is 9.30. The number of aryl methyl sites for hydroxylation is 2. The third kappa shape index (κ3) is 3.33. The van der Waals surface area contributed by atoms with Crippen molar-refractivity contribution in [2.45, 2.75) is 64.7 Å². The maximum atomic E-state index is 4.90. The second-order valence-electron chi connectivity index (χ2n) is 5.50. The van der Waals surface area contributed by atoms with Crippen molar-refractivity contribution in [3.63, 3.8) is 0 Å². The highest BCUT2D eigenvalue weighted by Gasteiger charge is 2.22. The number of nitrogens with zero attached hydrogens (tertiary/aromatic N) is 2. The zero-order chi connectivity index (χ0) is 13.7. The summed E-state index contributed by atoms with van der Waals surface area (Å²) < 4.78 is 0. The predicted molar refractivity (Wildman–Crippen MR) is 79.6 cm³/mol. The molecule has 0 atom stereocenters. The van der Waals surface area contributed by atoms with E-state index in [4.69, 9.17) is 9.97 Å². The number of aromatic nitrogens is 2. The van der Waals surface area contributed by atoms with Gasteiger partial charge in [0.15, 0.2) is 0 Å². The summed E-state index contributed by atoms with van der Waals surface area (Å²) in [7, 11) is 2.00. The summed E-state index contributed by atoms with van der Waals surface area (Å²) in [6, 6.07) is 0. The van der Waals surface area contributed by atoms with Crippen molar-refractivity contribution < 1.29 is 0 Å². The highest BCUT2D eigenvalue weighted by atomic mass is 14.9. The summed E-state index contributed by atoms with van der Waals surface area (Å²) in [6.07, 6.45) is 8.34. The zero-order valence-corrected chi connectivity index (χ0v) is 12.6. The van der Waals surface area contributed by atoms with Crippen LogP contribution in [0.15, 0.2) is 0 Å². The molecule has 19 heavy (non-hydrogen) atoms. The number of rotatable bonds is 6. The van der Waals surface area contributed by atoms with Gasteiger partial charge in [-0.15, -0.1) is 0 Å². The van der Waals surface area contributed by atoms with E-state index in [0.29, 0.717) is 5.92 Å². The van der Waals surface area contributed by atoms with Crippen LogP contribution in [-0.2, 0) is 19.3 Å². The molecule has 1 aromatic rings. The Balaban J connectivity index is 2.32. The first-order valence-corrected chi connectivity index (χ1v) is 7.83. The summed E-state index contributed by atoms with van der Waals surface area (Å²) in [5.41, 5.74) is 3.95. The second-order valence-corrected chi connectivity index (χ2v) is 5.50. The molecule has 0 aliphatic heterocycles. The van der Waals surface area contributed by atoms with E-state index in [-0.39, 0.29) is 0 Å². The Morgan fingerprint density at radius 2 is 1.63 bits per heavy atom. The van der Waals surface area contributed by atoms with E-state index in [0.717, 1.165) is 31.6 Å². The molecule has 106 valence electrons. The van der Waals surface area contributed by atoms with Gasteiger partial charge in [0, 0.05) is 17.3 Å². The molecule has 1 aromatic heterocycles. The van der Waals surface area contributed by atoms with Crippen molar-refractivity contribution >= 4 is 0 Å². The van der Waals surface area contributed by atoms with Crippen LogP contribution in [0.2, 0.25) is 0 Å². The normalized spacial score (nSPS) is 16.2. The summed E-state index contributed by atoms with van der Waals surface area (Å²) in [6.45, 7) is 5.43. The molecule has 0 aromatic carbocycles. The van der Waals surface area contributed by atoms with Crippen LogP contribution in [0.3, 0.4) is 0 Å². The highest BCUT2D eigenvalue weighted by molar-refractivity contribution is 5.28. The Kier molecular flexibility index (Phi) is 5.32. The Hall–Kier alpha value is -0.960. The van der Waals surface area contributed by atoms with Crippen molar-refractivity contribution in [3.05, 3.63) is 22.8 Å². The van der Waals surface area contributed by atoms with Gasteiger partial charge in [-0.2, -0.15) is 0 Å².